The predicted molar refractivity (Wildman–Crippen MR) is 86.3 cm³/mol. The number of carbonyl (C=O) groups excluding carboxylic acids is 2. The van der Waals surface area contributed by atoms with Crippen LogP contribution in [0.5, 0.6) is 0 Å². The van der Waals surface area contributed by atoms with E-state index in [0.29, 0.717) is 5.69 Å². The van der Waals surface area contributed by atoms with Gasteiger partial charge >= 0.3 is 0 Å². The number of rotatable bonds is 3. The van der Waals surface area contributed by atoms with Crippen LogP contribution >= 0.6 is 0 Å². The Morgan fingerprint density at radius 2 is 1.96 bits per heavy atom. The number of carbonyl (C=O) groups is 2. The molecule has 2 aliphatic rings. The summed E-state index contributed by atoms with van der Waals surface area (Å²) >= 11 is 0. The van der Waals surface area contributed by atoms with Gasteiger partial charge in [-0.25, -0.2) is 4.39 Å². The highest BCUT2D eigenvalue weighted by atomic mass is 19.1. The Labute approximate surface area is 144 Å². The van der Waals surface area contributed by atoms with Crippen molar-refractivity contribution in [2.24, 2.45) is 5.92 Å². The van der Waals surface area contributed by atoms with E-state index in [2.05, 4.69) is 0 Å². The third-order valence-electron chi connectivity index (χ3n) is 4.82. The maximum atomic E-state index is 13.0. The lowest BCUT2D eigenvalue weighted by molar-refractivity contribution is -0.156. The molecule has 2 amide bonds. The molecule has 1 aromatic carbocycles. The molecule has 2 aliphatic heterocycles. The van der Waals surface area contributed by atoms with Crippen molar-refractivity contribution in [1.29, 1.82) is 0 Å². The lowest BCUT2D eigenvalue weighted by Gasteiger charge is -2.38. The SMILES string of the molecule is CN(C(=O)[C@@H]1CC(=O)N(c2ccc(F)cc2)C1)[C@@H]1COC[C@@H](O)[C@H]1O. The summed E-state index contributed by atoms with van der Waals surface area (Å²) in [6.45, 7) is 0.350. The Balaban J connectivity index is 1.69. The van der Waals surface area contributed by atoms with Crippen LogP contribution in [-0.2, 0) is 14.3 Å². The third-order valence-corrected chi connectivity index (χ3v) is 4.82. The van der Waals surface area contributed by atoms with Crippen LogP contribution in [0.4, 0.5) is 10.1 Å². The molecule has 7 nitrogen and oxygen atoms in total. The Bertz CT molecular complexity index is 653. The van der Waals surface area contributed by atoms with E-state index >= 15 is 0 Å². The van der Waals surface area contributed by atoms with Crippen LogP contribution < -0.4 is 4.90 Å². The zero-order valence-corrected chi connectivity index (χ0v) is 13.8. The first-order chi connectivity index (χ1) is 11.9. The molecule has 0 saturated carbocycles. The van der Waals surface area contributed by atoms with E-state index in [4.69, 9.17) is 4.74 Å². The maximum absolute atomic E-state index is 13.0. The zero-order chi connectivity index (χ0) is 18.1. The summed E-state index contributed by atoms with van der Waals surface area (Å²) in [5.41, 5.74) is 0.542. The van der Waals surface area contributed by atoms with Crippen LogP contribution in [0.1, 0.15) is 6.42 Å². The van der Waals surface area contributed by atoms with Gasteiger partial charge in [0.25, 0.3) is 0 Å². The van der Waals surface area contributed by atoms with Gasteiger partial charge in [0.1, 0.15) is 18.0 Å². The number of anilines is 1. The molecule has 0 radical (unpaired) electrons. The van der Waals surface area contributed by atoms with E-state index < -0.39 is 30.0 Å². The van der Waals surface area contributed by atoms with Crippen molar-refractivity contribution in [3.63, 3.8) is 0 Å². The second-order valence-corrected chi connectivity index (χ2v) is 6.49. The number of halogens is 1. The first-order valence-corrected chi connectivity index (χ1v) is 8.15. The highest BCUT2D eigenvalue weighted by Crippen LogP contribution is 2.27. The molecule has 2 N–H and O–H groups in total. The summed E-state index contributed by atoms with van der Waals surface area (Å²) in [5.74, 6) is -1.46. The van der Waals surface area contributed by atoms with Crippen LogP contribution in [-0.4, -0.2) is 72.0 Å². The smallest absolute Gasteiger partial charge is 0.228 e. The van der Waals surface area contributed by atoms with Crippen LogP contribution in [0.15, 0.2) is 24.3 Å². The number of aliphatic hydroxyl groups excluding tert-OH is 2. The molecule has 2 saturated heterocycles. The molecule has 25 heavy (non-hydrogen) atoms. The molecule has 0 spiro atoms. The average molecular weight is 352 g/mol. The van der Waals surface area contributed by atoms with Gasteiger partial charge in [-0.05, 0) is 24.3 Å². The van der Waals surface area contributed by atoms with Gasteiger partial charge in [0, 0.05) is 25.7 Å². The summed E-state index contributed by atoms with van der Waals surface area (Å²) in [5, 5.41) is 19.8. The fraction of sp³-hybridized carbons (Fsp3) is 0.529. The highest BCUT2D eigenvalue weighted by Gasteiger charge is 2.41. The van der Waals surface area contributed by atoms with Crippen LogP contribution in [0.3, 0.4) is 0 Å². The molecule has 0 bridgehead atoms. The quantitative estimate of drug-likeness (QED) is 0.784. The Hall–Kier alpha value is -2.03. The average Bonchev–Trinajstić information content (AvgIpc) is 2.98. The molecule has 3 rings (SSSR count). The van der Waals surface area contributed by atoms with E-state index in [-0.39, 0.29) is 38.0 Å². The molecule has 2 fully saturated rings. The van der Waals surface area contributed by atoms with Crippen molar-refractivity contribution in [1.82, 2.24) is 4.90 Å². The molecule has 0 aliphatic carbocycles. The van der Waals surface area contributed by atoms with Crippen molar-refractivity contribution in [2.45, 2.75) is 24.7 Å². The van der Waals surface area contributed by atoms with Crippen LogP contribution in [0, 0.1) is 11.7 Å². The number of ether oxygens (including phenoxy) is 1. The van der Waals surface area contributed by atoms with Crippen molar-refractivity contribution < 1.29 is 28.9 Å². The molecule has 0 aromatic heterocycles. The topological polar surface area (TPSA) is 90.3 Å². The van der Waals surface area contributed by atoms with Gasteiger partial charge in [0.2, 0.25) is 11.8 Å². The van der Waals surface area contributed by atoms with E-state index in [1.807, 2.05) is 0 Å². The summed E-state index contributed by atoms with van der Waals surface area (Å²) in [4.78, 5) is 27.8. The zero-order valence-electron chi connectivity index (χ0n) is 13.8. The molecule has 2 heterocycles. The van der Waals surface area contributed by atoms with Crippen molar-refractivity contribution in [2.75, 3.05) is 31.7 Å². The van der Waals surface area contributed by atoms with Gasteiger partial charge in [-0.2, -0.15) is 0 Å². The second kappa shape index (κ2) is 7.07. The molecule has 0 unspecified atom stereocenters. The Kier molecular flexibility index (Phi) is 5.03. The Morgan fingerprint density at radius 3 is 2.64 bits per heavy atom. The fourth-order valence-electron chi connectivity index (χ4n) is 3.30. The second-order valence-electron chi connectivity index (χ2n) is 6.49. The Morgan fingerprint density at radius 1 is 1.28 bits per heavy atom. The molecule has 4 atom stereocenters. The summed E-state index contributed by atoms with van der Waals surface area (Å²) in [7, 11) is 1.53. The van der Waals surface area contributed by atoms with E-state index in [0.717, 1.165) is 0 Å². The highest BCUT2D eigenvalue weighted by molar-refractivity contribution is 6.00. The van der Waals surface area contributed by atoms with E-state index in [1.165, 1.54) is 41.1 Å². The minimum Gasteiger partial charge on any atom is -0.388 e. The molecule has 8 heteroatoms. The van der Waals surface area contributed by atoms with Gasteiger partial charge in [-0.3, -0.25) is 9.59 Å². The standard InChI is InChI=1S/C17H21FN2O5/c1-19(13-8-25-9-14(21)16(13)23)17(24)10-6-15(22)20(7-10)12-4-2-11(18)3-5-12/h2-5,10,13-14,16,21,23H,6-9H2,1H3/t10-,13-,14-,16+/m1/s1. The minimum atomic E-state index is -1.09. The van der Waals surface area contributed by atoms with Crippen LogP contribution in [0.25, 0.3) is 0 Å². The maximum Gasteiger partial charge on any atom is 0.228 e. The monoisotopic (exact) mass is 352 g/mol. The lowest BCUT2D eigenvalue weighted by Crippen LogP contribution is -2.57. The van der Waals surface area contributed by atoms with Crippen molar-refractivity contribution >= 4 is 17.5 Å². The first-order valence-electron chi connectivity index (χ1n) is 8.15. The molecular formula is C17H21FN2O5. The lowest BCUT2D eigenvalue weighted by atomic mass is 10.00. The van der Waals surface area contributed by atoms with Gasteiger partial charge in [0.15, 0.2) is 0 Å². The van der Waals surface area contributed by atoms with Gasteiger partial charge in [0.05, 0.1) is 25.2 Å². The summed E-state index contributed by atoms with van der Waals surface area (Å²) in [6.07, 6.45) is -2.09. The summed E-state index contributed by atoms with van der Waals surface area (Å²) < 4.78 is 18.2. The fourth-order valence-corrected chi connectivity index (χ4v) is 3.30. The van der Waals surface area contributed by atoms with Gasteiger partial charge < -0.3 is 24.7 Å². The summed E-state index contributed by atoms with van der Waals surface area (Å²) in [6, 6.07) is 4.87. The van der Waals surface area contributed by atoms with Gasteiger partial charge in [-0.15, -0.1) is 0 Å². The van der Waals surface area contributed by atoms with E-state index in [1.54, 1.807) is 0 Å². The number of likely N-dealkylation sites (N-methyl/N-ethyl adjacent to an activating group) is 1. The van der Waals surface area contributed by atoms with Gasteiger partial charge in [-0.1, -0.05) is 0 Å². The number of nitrogens with zero attached hydrogens (tertiary/aromatic N) is 2. The van der Waals surface area contributed by atoms with Crippen LogP contribution in [0.2, 0.25) is 0 Å². The van der Waals surface area contributed by atoms with Crippen molar-refractivity contribution in [3.8, 4) is 0 Å². The normalized spacial score (nSPS) is 29.8. The number of amides is 2. The molecule has 1 aromatic rings. The minimum absolute atomic E-state index is 0.0277. The number of hydrogen-bond donors (Lipinski definition) is 2. The van der Waals surface area contributed by atoms with E-state index in [9.17, 15) is 24.2 Å². The van der Waals surface area contributed by atoms with Crippen molar-refractivity contribution in [3.05, 3.63) is 30.1 Å². The molecular weight excluding hydrogens is 331 g/mol. The molecule has 136 valence electrons. The number of aliphatic hydroxyl groups is 2. The largest absolute Gasteiger partial charge is 0.388 e. The first kappa shape index (κ1) is 17.8. The number of benzene rings is 1. The third kappa shape index (κ3) is 3.51. The number of hydrogen-bond acceptors (Lipinski definition) is 5. The predicted octanol–water partition coefficient (Wildman–Crippen LogP) is -0.242.